The zero-order valence-electron chi connectivity index (χ0n) is 16.2. The number of hydrogen-bond acceptors (Lipinski definition) is 5. The number of amides is 3. The average Bonchev–Trinajstić information content (AvgIpc) is 2.97. The second-order valence-electron chi connectivity index (χ2n) is 7.26. The molecule has 1 spiro atoms. The van der Waals surface area contributed by atoms with Gasteiger partial charge in [-0.2, -0.15) is 0 Å². The minimum atomic E-state index is -1.11. The number of ether oxygens (including phenoxy) is 2. The second kappa shape index (κ2) is 8.14. The quantitative estimate of drug-likeness (QED) is 0.448. The third kappa shape index (κ3) is 3.72. The van der Waals surface area contributed by atoms with Crippen LogP contribution in [0.15, 0.2) is 48.5 Å². The molecule has 7 nitrogen and oxygen atoms in total. The lowest BCUT2D eigenvalue weighted by Crippen LogP contribution is -2.46. The number of nitrogens with zero attached hydrogens (tertiary/aromatic N) is 1. The highest BCUT2D eigenvalue weighted by Gasteiger charge is 2.54. The number of esters is 1. The summed E-state index contributed by atoms with van der Waals surface area (Å²) in [7, 11) is 0. The number of imide groups is 1. The summed E-state index contributed by atoms with van der Waals surface area (Å²) < 4.78 is 23.3. The van der Waals surface area contributed by atoms with Gasteiger partial charge in [0.2, 0.25) is 0 Å². The zero-order valence-corrected chi connectivity index (χ0v) is 16.2. The fourth-order valence-electron chi connectivity index (χ4n) is 3.98. The van der Waals surface area contributed by atoms with Crippen LogP contribution < -0.4 is 10.1 Å². The predicted octanol–water partition coefficient (Wildman–Crippen LogP) is 2.53. The number of hydrogen-bond donors (Lipinski definition) is 1. The fraction of sp³-hybridized carbons (Fsp3) is 0.318. The van der Waals surface area contributed by atoms with Gasteiger partial charge in [-0.15, -0.1) is 0 Å². The Morgan fingerprint density at radius 2 is 1.87 bits per heavy atom. The molecule has 2 aromatic rings. The number of nitrogens with one attached hydrogen (secondary N) is 1. The Morgan fingerprint density at radius 1 is 1.10 bits per heavy atom. The first-order valence-corrected chi connectivity index (χ1v) is 9.76. The van der Waals surface area contributed by atoms with Crippen molar-refractivity contribution in [2.24, 2.45) is 0 Å². The van der Waals surface area contributed by atoms with Crippen LogP contribution in [0.3, 0.4) is 0 Å². The van der Waals surface area contributed by atoms with E-state index in [1.54, 1.807) is 0 Å². The molecule has 8 heteroatoms. The summed E-state index contributed by atoms with van der Waals surface area (Å²) in [5, 5.41) is 2.80. The van der Waals surface area contributed by atoms with Crippen molar-refractivity contribution in [3.05, 3.63) is 65.5 Å². The smallest absolute Gasteiger partial charge is 0.326 e. The molecule has 0 bridgehead atoms. The van der Waals surface area contributed by atoms with Gasteiger partial charge in [-0.1, -0.05) is 24.3 Å². The van der Waals surface area contributed by atoms with E-state index in [9.17, 15) is 18.8 Å². The topological polar surface area (TPSA) is 84.9 Å². The molecule has 2 aliphatic rings. The van der Waals surface area contributed by atoms with Gasteiger partial charge in [-0.3, -0.25) is 14.5 Å². The molecule has 0 aromatic heterocycles. The van der Waals surface area contributed by atoms with Gasteiger partial charge >= 0.3 is 12.0 Å². The first-order valence-electron chi connectivity index (χ1n) is 9.76. The van der Waals surface area contributed by atoms with Crippen LogP contribution in [-0.2, 0) is 26.3 Å². The second-order valence-corrected chi connectivity index (χ2v) is 7.26. The van der Waals surface area contributed by atoms with Crippen molar-refractivity contribution in [3.8, 4) is 5.75 Å². The van der Waals surface area contributed by atoms with Crippen molar-refractivity contribution in [2.45, 2.75) is 24.8 Å². The Kier molecular flexibility index (Phi) is 5.39. The number of aryl methyl sites for hydroxylation is 1. The van der Waals surface area contributed by atoms with Crippen molar-refractivity contribution < 1.29 is 28.2 Å². The molecule has 1 aliphatic carbocycles. The number of benzene rings is 2. The number of halogens is 1. The molecule has 30 heavy (non-hydrogen) atoms. The standard InChI is InChI=1S/C22H21FN2O5/c23-16-7-9-17(10-8-16)29-12-13-30-19(26)14-25-20(27)22(24-21(25)28)11-3-5-15-4-1-2-6-18(15)22/h1-2,4,6-10H,3,5,11-14H2,(H,24,28)/t22-/m0/s1. The van der Waals surface area contributed by atoms with E-state index >= 15 is 0 Å². The average molecular weight is 412 g/mol. The molecular formula is C22H21FN2O5. The normalized spacial score (nSPS) is 20.1. The van der Waals surface area contributed by atoms with Crippen LogP contribution in [-0.4, -0.2) is 42.6 Å². The highest BCUT2D eigenvalue weighted by Crippen LogP contribution is 2.39. The van der Waals surface area contributed by atoms with Crippen LogP contribution in [0.5, 0.6) is 5.75 Å². The van der Waals surface area contributed by atoms with Crippen LogP contribution in [0.4, 0.5) is 9.18 Å². The van der Waals surface area contributed by atoms with Crippen LogP contribution in [0.2, 0.25) is 0 Å². The molecule has 0 unspecified atom stereocenters. The van der Waals surface area contributed by atoms with Gasteiger partial charge in [0.15, 0.2) is 0 Å². The van der Waals surface area contributed by atoms with Gasteiger partial charge in [0.1, 0.15) is 36.9 Å². The van der Waals surface area contributed by atoms with Gasteiger partial charge in [-0.25, -0.2) is 9.18 Å². The maximum atomic E-state index is 13.1. The molecule has 3 amide bonds. The lowest BCUT2D eigenvalue weighted by atomic mass is 9.76. The molecular weight excluding hydrogens is 391 g/mol. The Bertz CT molecular complexity index is 978. The van der Waals surface area contributed by atoms with Gasteiger partial charge in [0, 0.05) is 0 Å². The number of carbonyl (C=O) groups is 3. The van der Waals surface area contributed by atoms with E-state index in [1.165, 1.54) is 24.3 Å². The first-order chi connectivity index (χ1) is 14.5. The van der Waals surface area contributed by atoms with Crippen LogP contribution in [0, 0.1) is 5.82 Å². The summed E-state index contributed by atoms with van der Waals surface area (Å²) in [5.41, 5.74) is 0.704. The van der Waals surface area contributed by atoms with Crippen molar-refractivity contribution >= 4 is 17.9 Å². The van der Waals surface area contributed by atoms with Gasteiger partial charge in [0.05, 0.1) is 0 Å². The number of rotatable bonds is 6. The number of carbonyl (C=O) groups excluding carboxylic acids is 3. The lowest BCUT2D eigenvalue weighted by Gasteiger charge is -2.33. The van der Waals surface area contributed by atoms with E-state index in [1.807, 2.05) is 24.3 Å². The number of urea groups is 1. The van der Waals surface area contributed by atoms with E-state index in [4.69, 9.17) is 9.47 Å². The summed E-state index contributed by atoms with van der Waals surface area (Å²) in [5.74, 6) is -1.07. The minimum absolute atomic E-state index is 0.0617. The minimum Gasteiger partial charge on any atom is -0.490 e. The first kappa shape index (κ1) is 19.9. The molecule has 1 heterocycles. The number of fused-ring (bicyclic) bond motifs is 2. The molecule has 0 radical (unpaired) electrons. The van der Waals surface area contributed by atoms with Crippen molar-refractivity contribution in [2.75, 3.05) is 19.8 Å². The molecule has 1 saturated heterocycles. The van der Waals surface area contributed by atoms with E-state index in [0.717, 1.165) is 28.9 Å². The maximum absolute atomic E-state index is 13.1. The van der Waals surface area contributed by atoms with Crippen LogP contribution >= 0.6 is 0 Å². The van der Waals surface area contributed by atoms with Crippen LogP contribution in [0.1, 0.15) is 24.0 Å². The Hall–Kier alpha value is -3.42. The fourth-order valence-corrected chi connectivity index (χ4v) is 3.98. The summed E-state index contributed by atoms with van der Waals surface area (Å²) >= 11 is 0. The monoisotopic (exact) mass is 412 g/mol. The predicted molar refractivity (Wildman–Crippen MR) is 104 cm³/mol. The Morgan fingerprint density at radius 3 is 2.67 bits per heavy atom. The Balaban J connectivity index is 1.34. The van der Waals surface area contributed by atoms with E-state index < -0.39 is 30.0 Å². The van der Waals surface area contributed by atoms with Crippen molar-refractivity contribution in [1.82, 2.24) is 10.2 Å². The van der Waals surface area contributed by atoms with Crippen molar-refractivity contribution in [3.63, 3.8) is 0 Å². The molecule has 1 N–H and O–H groups in total. The van der Waals surface area contributed by atoms with E-state index in [-0.39, 0.29) is 19.0 Å². The highest BCUT2D eigenvalue weighted by molar-refractivity contribution is 6.09. The van der Waals surface area contributed by atoms with Gasteiger partial charge in [-0.05, 0) is 54.7 Å². The molecule has 0 saturated carbocycles. The lowest BCUT2D eigenvalue weighted by molar-refractivity contribution is -0.148. The molecule has 2 aromatic carbocycles. The summed E-state index contributed by atoms with van der Waals surface area (Å²) in [6.45, 7) is -0.464. The summed E-state index contributed by atoms with van der Waals surface area (Å²) in [6.07, 6.45) is 2.10. The molecule has 1 aliphatic heterocycles. The Labute approximate surface area is 172 Å². The van der Waals surface area contributed by atoms with Gasteiger partial charge < -0.3 is 14.8 Å². The molecule has 4 rings (SSSR count). The third-order valence-electron chi connectivity index (χ3n) is 5.37. The van der Waals surface area contributed by atoms with E-state index in [2.05, 4.69) is 5.32 Å². The summed E-state index contributed by atoms with van der Waals surface area (Å²) in [4.78, 5) is 38.7. The largest absolute Gasteiger partial charge is 0.490 e. The van der Waals surface area contributed by atoms with E-state index in [0.29, 0.717) is 12.2 Å². The SMILES string of the molecule is O=C(CN1C(=O)N[C@]2(CCCc3ccccc32)C1=O)OCCOc1ccc(F)cc1. The zero-order chi connectivity index (χ0) is 21.1. The molecule has 1 atom stereocenters. The van der Waals surface area contributed by atoms with Crippen molar-refractivity contribution in [1.29, 1.82) is 0 Å². The third-order valence-corrected chi connectivity index (χ3v) is 5.37. The highest BCUT2D eigenvalue weighted by atomic mass is 19.1. The maximum Gasteiger partial charge on any atom is 0.326 e. The summed E-state index contributed by atoms with van der Waals surface area (Å²) in [6, 6.07) is 12.4. The van der Waals surface area contributed by atoms with Crippen LogP contribution in [0.25, 0.3) is 0 Å². The molecule has 1 fully saturated rings. The molecule has 156 valence electrons. The van der Waals surface area contributed by atoms with Gasteiger partial charge in [0.25, 0.3) is 5.91 Å².